The van der Waals surface area contributed by atoms with Gasteiger partial charge in [0.05, 0.1) is 0 Å². The largest absolute Gasteiger partial charge is 0.399 e. The van der Waals surface area contributed by atoms with Crippen LogP contribution in [0.3, 0.4) is 0 Å². The van der Waals surface area contributed by atoms with Crippen LogP contribution in [0.25, 0.3) is 0 Å². The van der Waals surface area contributed by atoms with Gasteiger partial charge in [-0.05, 0) is 49.2 Å². The molecule has 0 aliphatic carbocycles. The van der Waals surface area contributed by atoms with Gasteiger partial charge in [-0.25, -0.2) is 4.39 Å². The molecule has 2 nitrogen and oxygen atoms in total. The molecule has 3 heteroatoms. The van der Waals surface area contributed by atoms with Gasteiger partial charge in [-0.1, -0.05) is 18.2 Å². The molecule has 19 heavy (non-hydrogen) atoms. The summed E-state index contributed by atoms with van der Waals surface area (Å²) < 4.78 is 13.2. The monoisotopic (exact) mass is 258 g/mol. The summed E-state index contributed by atoms with van der Waals surface area (Å²) in [5.74, 6) is -0.195. The van der Waals surface area contributed by atoms with Gasteiger partial charge in [0, 0.05) is 24.5 Å². The van der Waals surface area contributed by atoms with Crippen molar-refractivity contribution in [1.29, 1.82) is 0 Å². The maximum absolute atomic E-state index is 13.2. The predicted octanol–water partition coefficient (Wildman–Crippen LogP) is 3.48. The van der Waals surface area contributed by atoms with Crippen molar-refractivity contribution in [2.24, 2.45) is 0 Å². The summed E-state index contributed by atoms with van der Waals surface area (Å²) in [6.07, 6.45) is 0.898. The molecule has 0 unspecified atom stereocenters. The van der Waals surface area contributed by atoms with Crippen molar-refractivity contribution in [3.8, 4) is 0 Å². The molecule has 0 spiro atoms. The average Bonchev–Trinajstić information content (AvgIpc) is 2.40. The van der Waals surface area contributed by atoms with Crippen molar-refractivity contribution in [2.75, 3.05) is 23.7 Å². The number of benzene rings is 2. The van der Waals surface area contributed by atoms with E-state index in [4.69, 9.17) is 5.73 Å². The molecule has 100 valence electrons. The Morgan fingerprint density at radius 1 is 1.11 bits per heavy atom. The number of nitrogen functional groups attached to an aromatic ring is 1. The first-order chi connectivity index (χ1) is 9.19. The summed E-state index contributed by atoms with van der Waals surface area (Å²) in [5.41, 5.74) is 8.68. The first-order valence-electron chi connectivity index (χ1n) is 6.54. The van der Waals surface area contributed by atoms with Gasteiger partial charge in [0.15, 0.2) is 0 Å². The minimum absolute atomic E-state index is 0.195. The molecule has 0 fully saturated rings. The smallest absolute Gasteiger partial charge is 0.125 e. The van der Waals surface area contributed by atoms with Crippen molar-refractivity contribution in [3.05, 3.63) is 59.9 Å². The number of anilines is 2. The van der Waals surface area contributed by atoms with Crippen LogP contribution in [-0.2, 0) is 6.42 Å². The van der Waals surface area contributed by atoms with Crippen LogP contribution in [0.2, 0.25) is 0 Å². The van der Waals surface area contributed by atoms with Crippen LogP contribution >= 0.6 is 0 Å². The second kappa shape index (κ2) is 6.23. The van der Waals surface area contributed by atoms with Gasteiger partial charge in [-0.2, -0.15) is 0 Å². The zero-order valence-electron chi connectivity index (χ0n) is 11.1. The van der Waals surface area contributed by atoms with E-state index in [2.05, 4.69) is 17.9 Å². The summed E-state index contributed by atoms with van der Waals surface area (Å²) in [4.78, 5) is 2.16. The lowest BCUT2D eigenvalue weighted by Crippen LogP contribution is -2.25. The van der Waals surface area contributed by atoms with E-state index in [1.165, 1.54) is 11.6 Å². The molecule has 0 saturated heterocycles. The van der Waals surface area contributed by atoms with Gasteiger partial charge in [-0.3, -0.25) is 0 Å². The molecule has 0 aliphatic rings. The highest BCUT2D eigenvalue weighted by molar-refractivity contribution is 5.47. The predicted molar refractivity (Wildman–Crippen MR) is 78.8 cm³/mol. The van der Waals surface area contributed by atoms with Crippen LogP contribution in [0.15, 0.2) is 48.5 Å². The number of rotatable bonds is 5. The Morgan fingerprint density at radius 3 is 2.58 bits per heavy atom. The van der Waals surface area contributed by atoms with Crippen LogP contribution in [0.5, 0.6) is 0 Å². The molecule has 0 saturated carbocycles. The van der Waals surface area contributed by atoms with Gasteiger partial charge in [0.2, 0.25) is 0 Å². The molecule has 2 N–H and O–H groups in total. The van der Waals surface area contributed by atoms with E-state index >= 15 is 0 Å². The Kier molecular flexibility index (Phi) is 4.39. The Labute approximate surface area is 113 Å². The van der Waals surface area contributed by atoms with Gasteiger partial charge in [0.1, 0.15) is 5.82 Å². The number of hydrogen-bond acceptors (Lipinski definition) is 2. The van der Waals surface area contributed by atoms with Gasteiger partial charge < -0.3 is 10.6 Å². The number of nitrogens with two attached hydrogens (primary N) is 1. The third-order valence-electron chi connectivity index (χ3n) is 3.18. The maximum Gasteiger partial charge on any atom is 0.125 e. The summed E-state index contributed by atoms with van der Waals surface area (Å²) >= 11 is 0. The second-order valence-corrected chi connectivity index (χ2v) is 4.55. The van der Waals surface area contributed by atoms with Crippen molar-refractivity contribution < 1.29 is 4.39 Å². The van der Waals surface area contributed by atoms with Crippen molar-refractivity contribution in [2.45, 2.75) is 13.3 Å². The molecular weight excluding hydrogens is 239 g/mol. The maximum atomic E-state index is 13.2. The van der Waals surface area contributed by atoms with E-state index in [1.54, 1.807) is 12.1 Å². The molecule has 2 rings (SSSR count). The lowest BCUT2D eigenvalue weighted by atomic mass is 10.1. The van der Waals surface area contributed by atoms with Crippen LogP contribution in [0.1, 0.15) is 12.5 Å². The normalized spacial score (nSPS) is 10.4. The number of halogens is 1. The van der Waals surface area contributed by atoms with Crippen molar-refractivity contribution >= 4 is 11.4 Å². The van der Waals surface area contributed by atoms with Crippen LogP contribution < -0.4 is 10.6 Å². The molecule has 0 heterocycles. The zero-order valence-corrected chi connectivity index (χ0v) is 11.1. The quantitative estimate of drug-likeness (QED) is 0.832. The summed E-state index contributed by atoms with van der Waals surface area (Å²) in [6.45, 7) is 3.78. The molecule has 2 aromatic carbocycles. The molecule has 0 aromatic heterocycles. The zero-order chi connectivity index (χ0) is 13.7. The lowest BCUT2D eigenvalue weighted by molar-refractivity contribution is 0.626. The SMILES string of the molecule is CCN(CCc1cccc(N)c1)c1cccc(F)c1. The van der Waals surface area contributed by atoms with Crippen molar-refractivity contribution in [1.82, 2.24) is 0 Å². The fraction of sp³-hybridized carbons (Fsp3) is 0.250. The van der Waals surface area contributed by atoms with E-state index < -0.39 is 0 Å². The summed E-state index contributed by atoms with van der Waals surface area (Å²) in [5, 5.41) is 0. The second-order valence-electron chi connectivity index (χ2n) is 4.55. The van der Waals surface area contributed by atoms with E-state index in [0.717, 1.165) is 30.9 Å². The molecule has 0 atom stereocenters. The topological polar surface area (TPSA) is 29.3 Å². The van der Waals surface area contributed by atoms with Crippen LogP contribution in [0, 0.1) is 5.82 Å². The van der Waals surface area contributed by atoms with Gasteiger partial charge >= 0.3 is 0 Å². The number of likely N-dealkylation sites (N-methyl/N-ethyl adjacent to an activating group) is 1. The number of hydrogen-bond donors (Lipinski definition) is 1. The summed E-state index contributed by atoms with van der Waals surface area (Å²) in [7, 11) is 0. The van der Waals surface area contributed by atoms with Crippen LogP contribution in [0.4, 0.5) is 15.8 Å². The fourth-order valence-corrected chi connectivity index (χ4v) is 2.16. The molecule has 0 aliphatic heterocycles. The Hall–Kier alpha value is -2.03. The average molecular weight is 258 g/mol. The molecule has 0 radical (unpaired) electrons. The first kappa shape index (κ1) is 13.4. The highest BCUT2D eigenvalue weighted by Gasteiger charge is 2.05. The van der Waals surface area contributed by atoms with E-state index in [-0.39, 0.29) is 5.82 Å². The van der Waals surface area contributed by atoms with Crippen molar-refractivity contribution in [3.63, 3.8) is 0 Å². The Balaban J connectivity index is 2.04. The molecule has 2 aromatic rings. The summed E-state index contributed by atoms with van der Waals surface area (Å²) in [6, 6.07) is 14.6. The molecule has 0 amide bonds. The highest BCUT2D eigenvalue weighted by atomic mass is 19.1. The number of nitrogens with zero attached hydrogens (tertiary/aromatic N) is 1. The fourth-order valence-electron chi connectivity index (χ4n) is 2.16. The minimum atomic E-state index is -0.195. The third kappa shape index (κ3) is 3.71. The van der Waals surface area contributed by atoms with E-state index in [0.29, 0.717) is 0 Å². The first-order valence-corrected chi connectivity index (χ1v) is 6.54. The standard InChI is InChI=1S/C16H19FN2/c1-2-19(16-8-4-6-14(17)12-16)10-9-13-5-3-7-15(18)11-13/h3-8,11-12H,2,9-10,18H2,1H3. The van der Waals surface area contributed by atoms with E-state index in [9.17, 15) is 4.39 Å². The molecule has 0 bridgehead atoms. The molecular formula is C16H19FN2. The van der Waals surface area contributed by atoms with Gasteiger partial charge in [-0.15, -0.1) is 0 Å². The highest BCUT2D eigenvalue weighted by Crippen LogP contribution is 2.16. The Bertz CT molecular complexity index is 540. The third-order valence-corrected chi connectivity index (χ3v) is 3.18. The minimum Gasteiger partial charge on any atom is -0.399 e. The van der Waals surface area contributed by atoms with Gasteiger partial charge in [0.25, 0.3) is 0 Å². The van der Waals surface area contributed by atoms with Crippen LogP contribution in [-0.4, -0.2) is 13.1 Å². The van der Waals surface area contributed by atoms with E-state index in [1.807, 2.05) is 24.3 Å². The Morgan fingerprint density at radius 2 is 1.89 bits per heavy atom. The lowest BCUT2D eigenvalue weighted by Gasteiger charge is -2.23.